The smallest absolute Gasteiger partial charge is 0.407 e. The molecule has 0 bridgehead atoms. The average molecular weight is 372 g/mol. The molecule has 1 aromatic heterocycles. The summed E-state index contributed by atoms with van der Waals surface area (Å²) < 4.78 is 13.0. The number of carbonyl (C=O) groups excluding carboxylic acids is 1. The third kappa shape index (κ3) is 4.22. The summed E-state index contributed by atoms with van der Waals surface area (Å²) in [5.41, 5.74) is 7.97. The van der Waals surface area contributed by atoms with Gasteiger partial charge < -0.3 is 20.5 Å². The van der Waals surface area contributed by atoms with Gasteiger partial charge in [0.25, 0.3) is 0 Å². The summed E-state index contributed by atoms with van der Waals surface area (Å²) in [6, 6.07) is 9.63. The largest absolute Gasteiger partial charge is 0.465 e. The van der Waals surface area contributed by atoms with Gasteiger partial charge in [-0.2, -0.15) is 0 Å². The number of hydrogen-bond donors (Lipinski definition) is 2. The van der Waals surface area contributed by atoms with Crippen LogP contribution >= 0.6 is 0 Å². The Labute approximate surface area is 156 Å². The fraction of sp³-hybridized carbons (Fsp3) is 0.316. The minimum absolute atomic E-state index is 0.155. The third-order valence-corrected chi connectivity index (χ3v) is 4.79. The van der Waals surface area contributed by atoms with Crippen molar-refractivity contribution in [3.05, 3.63) is 48.4 Å². The Kier molecular flexibility index (Phi) is 5.66. The van der Waals surface area contributed by atoms with Crippen LogP contribution in [0.4, 0.5) is 15.0 Å². The fourth-order valence-electron chi connectivity index (χ4n) is 3.38. The van der Waals surface area contributed by atoms with Gasteiger partial charge in [-0.25, -0.2) is 14.2 Å². The van der Waals surface area contributed by atoms with E-state index >= 15 is 0 Å². The van der Waals surface area contributed by atoms with Crippen LogP contribution in [0.3, 0.4) is 0 Å². The van der Waals surface area contributed by atoms with Crippen LogP contribution in [0, 0.1) is 5.82 Å². The van der Waals surface area contributed by atoms with Crippen LogP contribution in [0.2, 0.25) is 0 Å². The summed E-state index contributed by atoms with van der Waals surface area (Å²) in [6.45, 7) is 0.384. The molecule has 3 N–H and O–H groups in total. The molecule has 1 aliphatic heterocycles. The highest BCUT2D eigenvalue weighted by Crippen LogP contribution is 2.26. The molecule has 0 spiro atoms. The zero-order valence-corrected chi connectivity index (χ0v) is 14.7. The molecule has 1 saturated heterocycles. The van der Waals surface area contributed by atoms with Gasteiger partial charge in [-0.3, -0.25) is 4.90 Å². The number of nitrogens with zero attached hydrogens (tertiary/aromatic N) is 3. The van der Waals surface area contributed by atoms with Gasteiger partial charge in [0.2, 0.25) is 0 Å². The lowest BCUT2D eigenvalue weighted by Gasteiger charge is -2.41. The van der Waals surface area contributed by atoms with Crippen molar-refractivity contribution in [3.8, 4) is 11.1 Å². The zero-order valence-electron chi connectivity index (χ0n) is 14.7. The van der Waals surface area contributed by atoms with E-state index in [0.717, 1.165) is 16.0 Å². The number of carbonyl (C=O) groups is 2. The monoisotopic (exact) mass is 372 g/mol. The molecule has 2 heterocycles. The molecule has 2 atom stereocenters. The van der Waals surface area contributed by atoms with Crippen molar-refractivity contribution in [2.24, 2.45) is 5.73 Å². The van der Waals surface area contributed by atoms with Crippen LogP contribution in [-0.4, -0.2) is 52.7 Å². The highest BCUT2D eigenvalue weighted by atomic mass is 19.1. The lowest BCUT2D eigenvalue weighted by Crippen LogP contribution is -2.55. The number of rotatable bonds is 5. The Morgan fingerprint density at radius 1 is 1.30 bits per heavy atom. The summed E-state index contributed by atoms with van der Waals surface area (Å²) in [6.07, 6.45) is 1.76. The van der Waals surface area contributed by atoms with E-state index in [2.05, 4.69) is 4.98 Å². The minimum atomic E-state index is -1.12. The molecule has 7 nitrogen and oxygen atoms in total. The van der Waals surface area contributed by atoms with Crippen molar-refractivity contribution < 1.29 is 19.1 Å². The molecule has 1 fully saturated rings. The van der Waals surface area contributed by atoms with Crippen LogP contribution < -0.4 is 10.6 Å². The first-order valence-corrected chi connectivity index (χ1v) is 8.67. The maximum Gasteiger partial charge on any atom is 0.407 e. The molecule has 1 aliphatic rings. The van der Waals surface area contributed by atoms with Gasteiger partial charge in [-0.1, -0.05) is 12.1 Å². The predicted molar refractivity (Wildman–Crippen MR) is 98.8 cm³/mol. The Bertz CT molecular complexity index is 798. The molecule has 27 heavy (non-hydrogen) atoms. The third-order valence-electron chi connectivity index (χ3n) is 4.79. The predicted octanol–water partition coefficient (Wildman–Crippen LogP) is 2.32. The molecule has 0 aliphatic carbocycles. The van der Waals surface area contributed by atoms with E-state index in [1.54, 1.807) is 18.3 Å². The lowest BCUT2D eigenvalue weighted by atomic mass is 10.0. The topological polar surface area (TPSA) is 99.8 Å². The van der Waals surface area contributed by atoms with Crippen LogP contribution in [0.15, 0.2) is 42.6 Å². The fourth-order valence-corrected chi connectivity index (χ4v) is 3.38. The van der Waals surface area contributed by atoms with E-state index in [0.29, 0.717) is 31.5 Å². The maximum atomic E-state index is 13.0. The normalized spacial score (nSPS) is 19.6. The highest BCUT2D eigenvalue weighted by molar-refractivity contribution is 5.70. The van der Waals surface area contributed by atoms with Gasteiger partial charge in [0.1, 0.15) is 17.9 Å². The molecular weight excluding hydrogens is 351 g/mol. The second-order valence-corrected chi connectivity index (χ2v) is 6.45. The second-order valence-electron chi connectivity index (χ2n) is 6.45. The average Bonchev–Trinajstić information content (AvgIpc) is 2.66. The molecule has 1 amide bonds. The van der Waals surface area contributed by atoms with E-state index in [1.807, 2.05) is 17.0 Å². The summed E-state index contributed by atoms with van der Waals surface area (Å²) in [5.74, 6) is 0.409. The van der Waals surface area contributed by atoms with Crippen LogP contribution in [0.25, 0.3) is 11.1 Å². The van der Waals surface area contributed by atoms with Crippen LogP contribution in [0.1, 0.15) is 12.8 Å². The molecule has 2 aromatic rings. The van der Waals surface area contributed by atoms with Crippen LogP contribution in [0.5, 0.6) is 0 Å². The summed E-state index contributed by atoms with van der Waals surface area (Å²) in [4.78, 5) is 29.6. The quantitative estimate of drug-likeness (QED) is 0.782. The molecule has 0 radical (unpaired) electrons. The molecule has 1 aromatic carbocycles. The molecule has 3 rings (SSSR count). The molecular formula is C19H21FN4O3. The number of aromatic nitrogens is 1. The summed E-state index contributed by atoms with van der Waals surface area (Å²) >= 11 is 0. The number of pyridine rings is 1. The lowest BCUT2D eigenvalue weighted by molar-refractivity contribution is -0.109. The number of hydrogen-bond acceptors (Lipinski definition) is 5. The summed E-state index contributed by atoms with van der Waals surface area (Å²) in [5, 5.41) is 9.26. The van der Waals surface area contributed by atoms with Gasteiger partial charge in [0.15, 0.2) is 0 Å². The highest BCUT2D eigenvalue weighted by Gasteiger charge is 2.32. The Morgan fingerprint density at radius 3 is 2.56 bits per heavy atom. The Morgan fingerprint density at radius 2 is 2.00 bits per heavy atom. The molecule has 8 heteroatoms. The van der Waals surface area contributed by atoms with Crippen molar-refractivity contribution in [1.82, 2.24) is 9.88 Å². The Hall–Kier alpha value is -3.00. The number of aldehydes is 1. The number of anilines is 1. The van der Waals surface area contributed by atoms with Crippen LogP contribution in [-0.2, 0) is 4.79 Å². The van der Waals surface area contributed by atoms with Gasteiger partial charge >= 0.3 is 6.09 Å². The first kappa shape index (κ1) is 18.8. The van der Waals surface area contributed by atoms with Crippen molar-refractivity contribution in [2.45, 2.75) is 25.0 Å². The standard InChI is InChI=1S/C19H21FN4O3/c20-15-4-1-13(2-5-15)14-3-6-18(22-12-14)24-8-7-16(11-17(24)21)23(9-10-25)19(26)27/h1-6,10,12,16-17H,7-9,11,21H2,(H,26,27). The number of halogens is 1. The van der Waals surface area contributed by atoms with Crippen molar-refractivity contribution in [2.75, 3.05) is 18.0 Å². The van der Waals surface area contributed by atoms with E-state index in [1.165, 1.54) is 12.1 Å². The number of carboxylic acid groups (broad SMARTS) is 1. The first-order valence-electron chi connectivity index (χ1n) is 8.67. The summed E-state index contributed by atoms with van der Waals surface area (Å²) in [7, 11) is 0. The van der Waals surface area contributed by atoms with Crippen molar-refractivity contribution in [1.29, 1.82) is 0 Å². The first-order chi connectivity index (χ1) is 13.0. The van der Waals surface area contributed by atoms with Crippen molar-refractivity contribution in [3.63, 3.8) is 0 Å². The van der Waals surface area contributed by atoms with E-state index in [-0.39, 0.29) is 18.4 Å². The van der Waals surface area contributed by atoms with E-state index < -0.39 is 12.3 Å². The van der Waals surface area contributed by atoms with E-state index in [9.17, 15) is 19.1 Å². The van der Waals surface area contributed by atoms with E-state index in [4.69, 9.17) is 5.73 Å². The van der Waals surface area contributed by atoms with Gasteiger partial charge in [0, 0.05) is 30.8 Å². The SMILES string of the molecule is NC1CC(N(CC=O)C(=O)O)CCN1c1ccc(-c2ccc(F)cc2)cn1. The Balaban J connectivity index is 1.70. The minimum Gasteiger partial charge on any atom is -0.465 e. The number of nitrogens with two attached hydrogens (primary N) is 1. The second kappa shape index (κ2) is 8.13. The number of amides is 1. The number of piperidine rings is 1. The molecule has 2 unspecified atom stereocenters. The zero-order chi connectivity index (χ0) is 19.4. The van der Waals surface area contributed by atoms with Gasteiger partial charge in [-0.05, 0) is 36.2 Å². The van der Waals surface area contributed by atoms with Crippen molar-refractivity contribution >= 4 is 18.2 Å². The number of benzene rings is 1. The molecule has 142 valence electrons. The van der Waals surface area contributed by atoms with Gasteiger partial charge in [-0.15, -0.1) is 0 Å². The van der Waals surface area contributed by atoms with Gasteiger partial charge in [0.05, 0.1) is 12.7 Å². The molecule has 0 saturated carbocycles. The maximum absolute atomic E-state index is 13.0.